The monoisotopic (exact) mass is 369 g/mol. The number of aromatic nitrogens is 2. The van der Waals surface area contributed by atoms with E-state index in [1.807, 2.05) is 24.4 Å². The quantitative estimate of drug-likeness (QED) is 0.523. The summed E-state index contributed by atoms with van der Waals surface area (Å²) >= 11 is 0. The van der Waals surface area contributed by atoms with Gasteiger partial charge in [0.2, 0.25) is 0 Å². The second-order valence-electron chi connectivity index (χ2n) is 7.74. The maximum Gasteiger partial charge on any atom is 0.251 e. The zero-order valence-electron chi connectivity index (χ0n) is 16.2. The lowest BCUT2D eigenvalue weighted by molar-refractivity contribution is 0.0951. The molecule has 1 amide bonds. The molecule has 0 unspecified atom stereocenters. The van der Waals surface area contributed by atoms with Crippen LogP contribution in [-0.4, -0.2) is 21.9 Å². The fourth-order valence-electron chi connectivity index (χ4n) is 3.91. The van der Waals surface area contributed by atoms with Crippen LogP contribution < -0.4 is 5.32 Å². The minimum absolute atomic E-state index is 0.0159. The number of fused-ring (bicyclic) bond motifs is 3. The lowest BCUT2D eigenvalue weighted by atomic mass is 9.95. The van der Waals surface area contributed by atoms with Gasteiger partial charge < -0.3 is 10.3 Å². The summed E-state index contributed by atoms with van der Waals surface area (Å²) < 4.78 is 0. The fraction of sp³-hybridized carbons (Fsp3) is 0.250. The van der Waals surface area contributed by atoms with Crippen molar-refractivity contribution in [1.82, 2.24) is 15.3 Å². The molecule has 1 fully saturated rings. The van der Waals surface area contributed by atoms with E-state index < -0.39 is 0 Å². The van der Waals surface area contributed by atoms with Gasteiger partial charge in [-0.1, -0.05) is 31.2 Å². The Morgan fingerprint density at radius 3 is 2.86 bits per heavy atom. The van der Waals surface area contributed by atoms with Crippen molar-refractivity contribution in [2.75, 3.05) is 0 Å². The van der Waals surface area contributed by atoms with Gasteiger partial charge in [-0.05, 0) is 66.6 Å². The van der Waals surface area contributed by atoms with Crippen LogP contribution in [0.5, 0.6) is 0 Å². The third-order valence-electron chi connectivity index (χ3n) is 5.56. The number of hydrogen-bond acceptors (Lipinski definition) is 2. The maximum atomic E-state index is 12.5. The van der Waals surface area contributed by atoms with Crippen LogP contribution in [0.3, 0.4) is 0 Å². The first-order valence-corrected chi connectivity index (χ1v) is 9.95. The summed E-state index contributed by atoms with van der Waals surface area (Å²) in [5.41, 5.74) is 7.36. The van der Waals surface area contributed by atoms with Gasteiger partial charge in [0.05, 0.1) is 5.52 Å². The lowest BCUT2D eigenvalue weighted by Crippen LogP contribution is -2.25. The van der Waals surface area contributed by atoms with Crippen LogP contribution in [0.4, 0.5) is 0 Å². The smallest absolute Gasteiger partial charge is 0.251 e. The summed E-state index contributed by atoms with van der Waals surface area (Å²) in [6.07, 6.45) is 5.02. The molecule has 0 bridgehead atoms. The number of nitrogens with one attached hydrogen (secondary N) is 2. The molecule has 0 radical (unpaired) electrons. The maximum absolute atomic E-state index is 12.5. The minimum atomic E-state index is 0.0159. The number of amides is 1. The average Bonchev–Trinajstić information content (AvgIpc) is 3.45. The zero-order valence-corrected chi connectivity index (χ0v) is 16.2. The molecule has 2 aromatic carbocycles. The third kappa shape index (κ3) is 2.85. The van der Waals surface area contributed by atoms with Crippen molar-refractivity contribution in [2.45, 2.75) is 39.2 Å². The highest BCUT2D eigenvalue weighted by atomic mass is 16.1. The zero-order chi connectivity index (χ0) is 19.3. The van der Waals surface area contributed by atoms with E-state index in [1.165, 1.54) is 10.9 Å². The number of benzene rings is 2. The van der Waals surface area contributed by atoms with Gasteiger partial charge in [0.1, 0.15) is 5.65 Å². The van der Waals surface area contributed by atoms with Crippen molar-refractivity contribution in [1.29, 1.82) is 0 Å². The second kappa shape index (κ2) is 6.48. The van der Waals surface area contributed by atoms with Crippen molar-refractivity contribution in [3.8, 4) is 11.1 Å². The van der Waals surface area contributed by atoms with Gasteiger partial charge in [0.15, 0.2) is 0 Å². The molecule has 2 N–H and O–H groups in total. The van der Waals surface area contributed by atoms with E-state index in [0.717, 1.165) is 52.5 Å². The standard InChI is InChI=1S/C24H23N3O/c1-3-15-7-10-19(21-20-11-14(2)13-25-23(20)27-22(15)21)16-5-4-6-17(12-16)24(28)26-18-8-9-18/h4-7,10-13,18H,3,8-9H2,1-2H3,(H,25,27)(H,26,28). The minimum Gasteiger partial charge on any atom is -0.349 e. The van der Waals surface area contributed by atoms with Crippen LogP contribution in [0.2, 0.25) is 0 Å². The highest BCUT2D eigenvalue weighted by molar-refractivity contribution is 6.14. The van der Waals surface area contributed by atoms with Crippen molar-refractivity contribution >= 4 is 27.8 Å². The van der Waals surface area contributed by atoms with Gasteiger partial charge in [-0.25, -0.2) is 4.98 Å². The largest absolute Gasteiger partial charge is 0.349 e. The summed E-state index contributed by atoms with van der Waals surface area (Å²) in [6.45, 7) is 4.24. The Labute approximate surface area is 164 Å². The van der Waals surface area contributed by atoms with E-state index in [4.69, 9.17) is 0 Å². The summed E-state index contributed by atoms with van der Waals surface area (Å²) in [5.74, 6) is 0.0159. The molecular weight excluding hydrogens is 346 g/mol. The number of aromatic amines is 1. The number of rotatable bonds is 4. The van der Waals surface area contributed by atoms with Gasteiger partial charge in [-0.3, -0.25) is 4.79 Å². The Morgan fingerprint density at radius 1 is 1.21 bits per heavy atom. The van der Waals surface area contributed by atoms with Crippen molar-refractivity contribution < 1.29 is 4.79 Å². The van der Waals surface area contributed by atoms with Crippen LogP contribution >= 0.6 is 0 Å². The van der Waals surface area contributed by atoms with E-state index in [2.05, 4.69) is 53.4 Å². The SMILES string of the molecule is CCc1ccc(-c2cccc(C(=O)NC3CC3)c2)c2c1[nH]c1ncc(C)cc12. The van der Waals surface area contributed by atoms with Crippen LogP contribution in [0.15, 0.2) is 48.7 Å². The molecule has 140 valence electrons. The van der Waals surface area contributed by atoms with Crippen molar-refractivity contribution in [2.24, 2.45) is 0 Å². The molecule has 4 heteroatoms. The van der Waals surface area contributed by atoms with E-state index in [-0.39, 0.29) is 5.91 Å². The topological polar surface area (TPSA) is 57.8 Å². The Bertz CT molecular complexity index is 1220. The molecular formula is C24H23N3O. The molecule has 0 spiro atoms. The first kappa shape index (κ1) is 17.0. The van der Waals surface area contributed by atoms with Crippen LogP contribution in [0.25, 0.3) is 33.1 Å². The molecule has 1 saturated carbocycles. The molecule has 5 rings (SSSR count). The highest BCUT2D eigenvalue weighted by Gasteiger charge is 2.24. The number of H-pyrrole nitrogens is 1. The number of nitrogens with zero attached hydrogens (tertiary/aromatic N) is 1. The van der Waals surface area contributed by atoms with Crippen LogP contribution in [0.1, 0.15) is 41.3 Å². The normalized spacial score (nSPS) is 13.9. The predicted octanol–water partition coefficient (Wildman–Crippen LogP) is 5.15. The number of hydrogen-bond donors (Lipinski definition) is 2. The third-order valence-corrected chi connectivity index (χ3v) is 5.56. The summed E-state index contributed by atoms with van der Waals surface area (Å²) in [4.78, 5) is 20.6. The molecule has 2 heterocycles. The first-order valence-electron chi connectivity index (χ1n) is 9.95. The Kier molecular flexibility index (Phi) is 3.93. The second-order valence-corrected chi connectivity index (χ2v) is 7.74. The van der Waals surface area contributed by atoms with Gasteiger partial charge in [0, 0.05) is 28.6 Å². The average molecular weight is 369 g/mol. The van der Waals surface area contributed by atoms with Gasteiger partial charge >= 0.3 is 0 Å². The predicted molar refractivity (Wildman–Crippen MR) is 114 cm³/mol. The Hall–Kier alpha value is -3.14. The highest BCUT2D eigenvalue weighted by Crippen LogP contribution is 2.36. The number of carbonyl (C=O) groups is 1. The van der Waals surface area contributed by atoms with Crippen LogP contribution in [-0.2, 0) is 6.42 Å². The summed E-state index contributed by atoms with van der Waals surface area (Å²) in [5, 5.41) is 5.40. The molecule has 0 atom stereocenters. The molecule has 2 aromatic heterocycles. The molecule has 0 aliphatic heterocycles. The van der Waals surface area contributed by atoms with Crippen molar-refractivity contribution in [3.05, 3.63) is 65.4 Å². The molecule has 1 aliphatic carbocycles. The Balaban J connectivity index is 1.71. The fourth-order valence-corrected chi connectivity index (χ4v) is 3.91. The molecule has 0 saturated heterocycles. The van der Waals surface area contributed by atoms with Crippen molar-refractivity contribution in [3.63, 3.8) is 0 Å². The molecule has 4 nitrogen and oxygen atoms in total. The summed E-state index contributed by atoms with van der Waals surface area (Å²) in [6, 6.07) is 14.8. The Morgan fingerprint density at radius 2 is 2.07 bits per heavy atom. The molecule has 4 aromatic rings. The van der Waals surface area contributed by atoms with Crippen LogP contribution in [0, 0.1) is 6.92 Å². The summed E-state index contributed by atoms with van der Waals surface area (Å²) in [7, 11) is 0. The molecule has 1 aliphatic rings. The lowest BCUT2D eigenvalue weighted by Gasteiger charge is -2.10. The van der Waals surface area contributed by atoms with E-state index in [1.54, 1.807) is 0 Å². The molecule has 28 heavy (non-hydrogen) atoms. The van der Waals surface area contributed by atoms with Gasteiger partial charge in [-0.15, -0.1) is 0 Å². The van der Waals surface area contributed by atoms with E-state index >= 15 is 0 Å². The van der Waals surface area contributed by atoms with E-state index in [0.29, 0.717) is 11.6 Å². The van der Waals surface area contributed by atoms with E-state index in [9.17, 15) is 4.79 Å². The van der Waals surface area contributed by atoms with Gasteiger partial charge in [0.25, 0.3) is 5.91 Å². The number of carbonyl (C=O) groups excluding carboxylic acids is 1. The number of aryl methyl sites for hydroxylation is 2. The number of pyridine rings is 1. The van der Waals surface area contributed by atoms with Gasteiger partial charge in [-0.2, -0.15) is 0 Å². The first-order chi connectivity index (χ1) is 13.6.